The van der Waals surface area contributed by atoms with Gasteiger partial charge in [0.15, 0.2) is 0 Å². The molecule has 0 aliphatic rings. The Morgan fingerprint density at radius 3 is 2.53 bits per heavy atom. The van der Waals surface area contributed by atoms with Gasteiger partial charge in [-0.2, -0.15) is 0 Å². The van der Waals surface area contributed by atoms with Crippen molar-refractivity contribution in [3.8, 4) is 0 Å². The van der Waals surface area contributed by atoms with E-state index in [2.05, 4.69) is 55.4 Å². The van der Waals surface area contributed by atoms with E-state index in [0.29, 0.717) is 0 Å². The van der Waals surface area contributed by atoms with E-state index in [0.717, 1.165) is 31.7 Å². The van der Waals surface area contributed by atoms with E-state index in [4.69, 9.17) is 11.6 Å². The van der Waals surface area contributed by atoms with E-state index in [1.54, 1.807) is 0 Å². The predicted octanol–water partition coefficient (Wildman–Crippen LogP) is 4.04. The molecule has 0 atom stereocenters. The summed E-state index contributed by atoms with van der Waals surface area (Å²) in [6.07, 6.45) is 5.56. The molecule has 0 unspecified atom stereocenters. The summed E-state index contributed by atoms with van der Waals surface area (Å²) in [6.45, 7) is 1.09. The maximum absolute atomic E-state index is 5.78. The summed E-state index contributed by atoms with van der Waals surface area (Å²) in [6, 6.07) is 10.6. The number of allylic oxidation sites excluding steroid dienone is 1. The van der Waals surface area contributed by atoms with Gasteiger partial charge < -0.3 is 4.90 Å². The monoisotopic (exact) mass is 251 g/mol. The van der Waals surface area contributed by atoms with E-state index in [-0.39, 0.29) is 0 Å². The quantitative estimate of drug-likeness (QED) is 0.661. The van der Waals surface area contributed by atoms with Crippen LogP contribution in [0.5, 0.6) is 0 Å². The summed E-state index contributed by atoms with van der Waals surface area (Å²) >= 11 is 5.78. The summed E-state index contributed by atoms with van der Waals surface area (Å²) in [5.74, 6) is 0.734. The average molecular weight is 252 g/mol. The number of halogens is 1. The smallest absolute Gasteiger partial charge is 0.0226 e. The zero-order valence-electron chi connectivity index (χ0n) is 10.8. The first-order valence-corrected chi connectivity index (χ1v) is 6.72. The Labute approximate surface area is 110 Å². The summed E-state index contributed by atoms with van der Waals surface area (Å²) in [4.78, 5) is 2.21. The molecule has 17 heavy (non-hydrogen) atoms. The van der Waals surface area contributed by atoms with Crippen molar-refractivity contribution < 1.29 is 0 Å². The van der Waals surface area contributed by atoms with Crippen LogP contribution in [0.25, 0.3) is 5.57 Å². The molecule has 2 heteroatoms. The first-order valence-electron chi connectivity index (χ1n) is 6.19. The molecule has 0 N–H and O–H groups in total. The van der Waals surface area contributed by atoms with E-state index in [1.165, 1.54) is 11.1 Å². The zero-order valence-corrected chi connectivity index (χ0v) is 11.6. The Bertz CT molecular complexity index is 330. The molecule has 0 aromatic heterocycles. The van der Waals surface area contributed by atoms with Crippen LogP contribution in [0.3, 0.4) is 0 Å². The van der Waals surface area contributed by atoms with Crippen LogP contribution in [-0.2, 0) is 0 Å². The summed E-state index contributed by atoms with van der Waals surface area (Å²) in [5.41, 5.74) is 2.75. The molecule has 94 valence electrons. The van der Waals surface area contributed by atoms with Gasteiger partial charge in [-0.25, -0.2) is 0 Å². The van der Waals surface area contributed by atoms with Crippen LogP contribution in [0.15, 0.2) is 36.4 Å². The lowest BCUT2D eigenvalue weighted by atomic mass is 10.0. The van der Waals surface area contributed by atoms with Crippen molar-refractivity contribution in [3.63, 3.8) is 0 Å². The average Bonchev–Trinajstić information content (AvgIpc) is 2.34. The van der Waals surface area contributed by atoms with Crippen LogP contribution in [0.2, 0.25) is 0 Å². The fourth-order valence-corrected chi connectivity index (χ4v) is 1.90. The van der Waals surface area contributed by atoms with Gasteiger partial charge in [0.1, 0.15) is 0 Å². The molecule has 1 aromatic carbocycles. The molecule has 0 amide bonds. The standard InChI is InChI=1S/C15H22ClN/c1-17(2)13-7-11-15(10-6-12-16)14-8-4-3-5-9-14/h3-5,8-9,11H,6-7,10,12-13H2,1-2H3. The van der Waals surface area contributed by atoms with Crippen LogP contribution in [0.4, 0.5) is 0 Å². The third kappa shape index (κ3) is 5.90. The van der Waals surface area contributed by atoms with Gasteiger partial charge in [0, 0.05) is 12.4 Å². The molecule has 0 fully saturated rings. The van der Waals surface area contributed by atoms with Gasteiger partial charge in [0.05, 0.1) is 0 Å². The number of rotatable bonds is 7. The molecule has 0 heterocycles. The number of hydrogen-bond acceptors (Lipinski definition) is 1. The summed E-state index contributed by atoms with van der Waals surface area (Å²) in [7, 11) is 4.21. The molecular formula is C15H22ClN. The molecule has 1 rings (SSSR count). The van der Waals surface area contributed by atoms with E-state index in [9.17, 15) is 0 Å². The second-order valence-corrected chi connectivity index (χ2v) is 4.86. The normalized spacial score (nSPS) is 12.1. The highest BCUT2D eigenvalue weighted by Crippen LogP contribution is 2.20. The molecule has 0 aliphatic carbocycles. The lowest BCUT2D eigenvalue weighted by Gasteiger charge is -2.10. The molecular weight excluding hydrogens is 230 g/mol. The first kappa shape index (κ1) is 14.3. The van der Waals surface area contributed by atoms with Crippen molar-refractivity contribution >= 4 is 17.2 Å². The van der Waals surface area contributed by atoms with E-state index < -0.39 is 0 Å². The maximum Gasteiger partial charge on any atom is 0.0226 e. The van der Waals surface area contributed by atoms with Crippen LogP contribution in [0, 0.1) is 0 Å². The van der Waals surface area contributed by atoms with Crippen molar-refractivity contribution in [3.05, 3.63) is 42.0 Å². The van der Waals surface area contributed by atoms with Gasteiger partial charge in [-0.1, -0.05) is 36.4 Å². The van der Waals surface area contributed by atoms with Gasteiger partial charge in [-0.05, 0) is 44.5 Å². The van der Waals surface area contributed by atoms with E-state index >= 15 is 0 Å². The summed E-state index contributed by atoms with van der Waals surface area (Å²) < 4.78 is 0. The Morgan fingerprint density at radius 1 is 1.24 bits per heavy atom. The molecule has 0 radical (unpaired) electrons. The Balaban J connectivity index is 2.66. The SMILES string of the molecule is CN(C)CCC=C(CCCCl)c1ccccc1. The minimum atomic E-state index is 0.734. The summed E-state index contributed by atoms with van der Waals surface area (Å²) in [5, 5.41) is 0. The fourth-order valence-electron chi connectivity index (χ4n) is 1.77. The number of alkyl halides is 1. The number of nitrogens with zero attached hydrogens (tertiary/aromatic N) is 1. The highest BCUT2D eigenvalue weighted by molar-refractivity contribution is 6.17. The molecule has 1 aromatic rings. The van der Waals surface area contributed by atoms with Crippen molar-refractivity contribution in [1.29, 1.82) is 0 Å². The molecule has 0 saturated carbocycles. The Hall–Kier alpha value is -0.790. The molecule has 0 aliphatic heterocycles. The third-order valence-corrected chi connectivity index (χ3v) is 2.96. The van der Waals surface area contributed by atoms with Gasteiger partial charge in [0.2, 0.25) is 0 Å². The number of benzene rings is 1. The van der Waals surface area contributed by atoms with Crippen LogP contribution in [-0.4, -0.2) is 31.4 Å². The molecule has 0 saturated heterocycles. The third-order valence-electron chi connectivity index (χ3n) is 2.69. The van der Waals surface area contributed by atoms with Crippen LogP contribution >= 0.6 is 11.6 Å². The van der Waals surface area contributed by atoms with Crippen molar-refractivity contribution in [2.75, 3.05) is 26.5 Å². The fraction of sp³-hybridized carbons (Fsp3) is 0.467. The topological polar surface area (TPSA) is 3.24 Å². The Morgan fingerprint density at radius 2 is 1.94 bits per heavy atom. The van der Waals surface area contributed by atoms with Crippen LogP contribution < -0.4 is 0 Å². The van der Waals surface area contributed by atoms with Gasteiger partial charge in [0.25, 0.3) is 0 Å². The van der Waals surface area contributed by atoms with Gasteiger partial charge in [-0.3, -0.25) is 0 Å². The largest absolute Gasteiger partial charge is 0.309 e. The molecule has 1 nitrogen and oxygen atoms in total. The lowest BCUT2D eigenvalue weighted by molar-refractivity contribution is 0.417. The molecule has 0 spiro atoms. The highest BCUT2D eigenvalue weighted by atomic mass is 35.5. The lowest BCUT2D eigenvalue weighted by Crippen LogP contribution is -2.12. The maximum atomic E-state index is 5.78. The van der Waals surface area contributed by atoms with Gasteiger partial charge >= 0.3 is 0 Å². The van der Waals surface area contributed by atoms with Crippen LogP contribution in [0.1, 0.15) is 24.8 Å². The Kier molecular flexibility index (Phi) is 6.99. The number of hydrogen-bond donors (Lipinski definition) is 0. The van der Waals surface area contributed by atoms with Crippen molar-refractivity contribution in [2.45, 2.75) is 19.3 Å². The van der Waals surface area contributed by atoms with Gasteiger partial charge in [-0.15, -0.1) is 11.6 Å². The predicted molar refractivity (Wildman–Crippen MR) is 77.5 cm³/mol. The molecule has 0 bridgehead atoms. The van der Waals surface area contributed by atoms with Crippen molar-refractivity contribution in [2.24, 2.45) is 0 Å². The minimum absolute atomic E-state index is 0.734. The van der Waals surface area contributed by atoms with E-state index in [1.807, 2.05) is 0 Å². The second-order valence-electron chi connectivity index (χ2n) is 4.48. The first-order chi connectivity index (χ1) is 8.24. The van der Waals surface area contributed by atoms with Crippen molar-refractivity contribution in [1.82, 2.24) is 4.90 Å². The highest BCUT2D eigenvalue weighted by Gasteiger charge is 2.00. The zero-order chi connectivity index (χ0) is 12.5. The minimum Gasteiger partial charge on any atom is -0.309 e. The second kappa shape index (κ2) is 8.32.